The van der Waals surface area contributed by atoms with E-state index in [-0.39, 0.29) is 24.0 Å². The van der Waals surface area contributed by atoms with Gasteiger partial charge in [-0.15, -0.1) is 24.0 Å². The monoisotopic (exact) mass is 495 g/mol. The Morgan fingerprint density at radius 1 is 0.963 bits per heavy atom. The van der Waals surface area contributed by atoms with Crippen LogP contribution in [0.5, 0.6) is 17.2 Å². The molecule has 8 heteroatoms. The lowest BCUT2D eigenvalue weighted by atomic mass is 10.2. The van der Waals surface area contributed by atoms with E-state index in [1.807, 2.05) is 12.1 Å². The van der Waals surface area contributed by atoms with Gasteiger partial charge in [-0.1, -0.05) is 13.3 Å². The van der Waals surface area contributed by atoms with Gasteiger partial charge in [0.1, 0.15) is 0 Å². The maximum Gasteiger partial charge on any atom is 0.203 e. The third-order valence-electron chi connectivity index (χ3n) is 3.81. The number of ether oxygens (including phenoxy) is 4. The topological polar surface area (TPSA) is 73.3 Å². The molecule has 0 unspecified atom stereocenters. The van der Waals surface area contributed by atoms with Gasteiger partial charge >= 0.3 is 0 Å². The lowest BCUT2D eigenvalue weighted by Crippen LogP contribution is -2.37. The Morgan fingerprint density at radius 2 is 1.59 bits per heavy atom. The predicted molar refractivity (Wildman–Crippen MR) is 120 cm³/mol. The number of halogens is 1. The van der Waals surface area contributed by atoms with Crippen LogP contribution < -0.4 is 24.8 Å². The highest BCUT2D eigenvalue weighted by Gasteiger charge is 2.13. The van der Waals surface area contributed by atoms with E-state index in [2.05, 4.69) is 22.5 Å². The Kier molecular flexibility index (Phi) is 14.8. The third-order valence-corrected chi connectivity index (χ3v) is 3.81. The fourth-order valence-electron chi connectivity index (χ4n) is 2.37. The molecule has 1 aromatic carbocycles. The molecule has 0 aliphatic heterocycles. The van der Waals surface area contributed by atoms with E-state index in [4.69, 9.17) is 18.9 Å². The minimum Gasteiger partial charge on any atom is -0.493 e. The van der Waals surface area contributed by atoms with Crippen molar-refractivity contribution in [1.29, 1.82) is 0 Å². The number of rotatable bonds is 12. The number of unbranched alkanes of at least 4 members (excludes halogenated alkanes) is 1. The molecule has 0 aliphatic rings. The van der Waals surface area contributed by atoms with Crippen LogP contribution >= 0.6 is 24.0 Å². The van der Waals surface area contributed by atoms with Gasteiger partial charge in [-0.2, -0.15) is 0 Å². The van der Waals surface area contributed by atoms with Gasteiger partial charge in [0.25, 0.3) is 0 Å². The van der Waals surface area contributed by atoms with Crippen molar-refractivity contribution in [1.82, 2.24) is 10.6 Å². The molecule has 156 valence electrons. The van der Waals surface area contributed by atoms with E-state index in [1.165, 1.54) is 0 Å². The van der Waals surface area contributed by atoms with Gasteiger partial charge in [-0.05, 0) is 30.5 Å². The lowest BCUT2D eigenvalue weighted by Gasteiger charge is -2.16. The molecule has 0 heterocycles. The summed E-state index contributed by atoms with van der Waals surface area (Å²) in [5.74, 6) is 2.60. The van der Waals surface area contributed by atoms with Crippen LogP contribution in [-0.4, -0.2) is 54.1 Å². The van der Waals surface area contributed by atoms with Gasteiger partial charge in [0.15, 0.2) is 17.5 Å². The van der Waals surface area contributed by atoms with Gasteiger partial charge < -0.3 is 29.6 Å². The lowest BCUT2D eigenvalue weighted by molar-refractivity contribution is 0.129. The second kappa shape index (κ2) is 15.6. The summed E-state index contributed by atoms with van der Waals surface area (Å²) in [4.78, 5) is 4.24. The summed E-state index contributed by atoms with van der Waals surface area (Å²) in [6, 6.07) is 3.84. The van der Waals surface area contributed by atoms with Gasteiger partial charge in [-0.3, -0.25) is 4.99 Å². The predicted octanol–water partition coefficient (Wildman–Crippen LogP) is 3.20. The van der Waals surface area contributed by atoms with E-state index >= 15 is 0 Å². The van der Waals surface area contributed by atoms with Crippen LogP contribution in [0.25, 0.3) is 0 Å². The molecule has 1 aromatic rings. The van der Waals surface area contributed by atoms with Crippen molar-refractivity contribution in [3.05, 3.63) is 17.7 Å². The molecule has 0 aromatic heterocycles. The van der Waals surface area contributed by atoms with Crippen LogP contribution in [0.4, 0.5) is 0 Å². The minimum atomic E-state index is 0. The van der Waals surface area contributed by atoms with Crippen LogP contribution in [0.3, 0.4) is 0 Å². The molecule has 0 spiro atoms. The second-order valence-corrected chi connectivity index (χ2v) is 5.71. The zero-order valence-electron chi connectivity index (χ0n) is 17.1. The number of hydrogen-bond donors (Lipinski definition) is 2. The van der Waals surface area contributed by atoms with Crippen molar-refractivity contribution < 1.29 is 18.9 Å². The summed E-state index contributed by atoms with van der Waals surface area (Å²) in [6.07, 6.45) is 3.22. The van der Waals surface area contributed by atoms with E-state index in [0.29, 0.717) is 23.8 Å². The molecule has 7 nitrogen and oxygen atoms in total. The first kappa shape index (κ1) is 25.6. The molecule has 1 rings (SSSR count). The van der Waals surface area contributed by atoms with Gasteiger partial charge in [-0.25, -0.2) is 0 Å². The molecule has 2 N–H and O–H groups in total. The van der Waals surface area contributed by atoms with Crippen LogP contribution in [0.2, 0.25) is 0 Å². The molecule has 0 aliphatic carbocycles. The first-order valence-electron chi connectivity index (χ1n) is 9.01. The number of aliphatic imine (C=N–C) groups is 1. The quantitative estimate of drug-likeness (QED) is 0.201. The van der Waals surface area contributed by atoms with Crippen molar-refractivity contribution in [2.45, 2.75) is 32.7 Å². The molecule has 0 atom stereocenters. The Labute approximate surface area is 180 Å². The number of benzene rings is 1. The number of nitrogens with zero attached hydrogens (tertiary/aromatic N) is 1. The molecule has 0 saturated heterocycles. The largest absolute Gasteiger partial charge is 0.493 e. The first-order chi connectivity index (χ1) is 12.7. The highest BCUT2D eigenvalue weighted by Crippen LogP contribution is 2.38. The van der Waals surface area contributed by atoms with E-state index in [9.17, 15) is 0 Å². The van der Waals surface area contributed by atoms with Crippen molar-refractivity contribution in [3.63, 3.8) is 0 Å². The van der Waals surface area contributed by atoms with Gasteiger partial charge in [0.05, 0.1) is 21.3 Å². The summed E-state index contributed by atoms with van der Waals surface area (Å²) < 4.78 is 21.7. The average Bonchev–Trinajstić information content (AvgIpc) is 2.68. The Hall–Kier alpha value is -1.42. The number of methoxy groups -OCH3 is 3. The molecular formula is C19H34IN3O4. The summed E-state index contributed by atoms with van der Waals surface area (Å²) in [5.41, 5.74) is 1.00. The molecule has 0 amide bonds. The maximum atomic E-state index is 5.55. The molecule has 0 fully saturated rings. The fourth-order valence-corrected chi connectivity index (χ4v) is 2.37. The van der Waals surface area contributed by atoms with Crippen LogP contribution in [-0.2, 0) is 11.3 Å². The molecule has 27 heavy (non-hydrogen) atoms. The number of hydrogen-bond acceptors (Lipinski definition) is 5. The number of guanidine groups is 1. The van der Waals surface area contributed by atoms with Crippen molar-refractivity contribution in [2.24, 2.45) is 4.99 Å². The summed E-state index contributed by atoms with van der Waals surface area (Å²) in [6.45, 7) is 5.15. The molecule has 0 saturated carbocycles. The standard InChI is InChI=1S/C19H33N3O4.HI/c1-6-7-10-26-11-8-9-21-19(20-2)22-14-15-12-16(23-3)18(25-5)17(13-15)24-4;/h12-13H,6-11,14H2,1-5H3,(H2,20,21,22);1H. The zero-order chi connectivity index (χ0) is 19.2. The smallest absolute Gasteiger partial charge is 0.203 e. The van der Waals surface area contributed by atoms with E-state index < -0.39 is 0 Å². The van der Waals surface area contributed by atoms with Gasteiger partial charge in [0.2, 0.25) is 5.75 Å². The maximum absolute atomic E-state index is 5.55. The second-order valence-electron chi connectivity index (χ2n) is 5.71. The van der Waals surface area contributed by atoms with E-state index in [1.54, 1.807) is 28.4 Å². The van der Waals surface area contributed by atoms with Crippen molar-refractivity contribution in [3.8, 4) is 17.2 Å². The highest BCUT2D eigenvalue weighted by molar-refractivity contribution is 14.0. The average molecular weight is 495 g/mol. The highest BCUT2D eigenvalue weighted by atomic mass is 127. The molecular weight excluding hydrogens is 461 g/mol. The van der Waals surface area contributed by atoms with Crippen molar-refractivity contribution in [2.75, 3.05) is 48.1 Å². The zero-order valence-corrected chi connectivity index (χ0v) is 19.4. The number of nitrogens with one attached hydrogen (secondary N) is 2. The summed E-state index contributed by atoms with van der Waals surface area (Å²) >= 11 is 0. The fraction of sp³-hybridized carbons (Fsp3) is 0.632. The molecule has 0 radical (unpaired) electrons. The summed E-state index contributed by atoms with van der Waals surface area (Å²) in [7, 11) is 6.56. The molecule has 0 bridgehead atoms. The SMILES string of the molecule is CCCCOCCCNC(=NC)NCc1cc(OC)c(OC)c(OC)c1.I. The Bertz CT molecular complexity index is 531. The van der Waals surface area contributed by atoms with Gasteiger partial charge in [0, 0.05) is 33.4 Å². The Balaban J connectivity index is 0.00000676. The van der Waals surface area contributed by atoms with Crippen LogP contribution in [0.1, 0.15) is 31.7 Å². The third kappa shape index (κ3) is 9.37. The Morgan fingerprint density at radius 3 is 2.11 bits per heavy atom. The minimum absolute atomic E-state index is 0. The van der Waals surface area contributed by atoms with E-state index in [0.717, 1.165) is 50.5 Å². The van der Waals surface area contributed by atoms with Crippen LogP contribution in [0, 0.1) is 0 Å². The first-order valence-corrected chi connectivity index (χ1v) is 9.01. The van der Waals surface area contributed by atoms with Crippen LogP contribution in [0.15, 0.2) is 17.1 Å². The normalized spacial score (nSPS) is 10.8. The van der Waals surface area contributed by atoms with Crippen molar-refractivity contribution >= 4 is 29.9 Å². The summed E-state index contributed by atoms with van der Waals surface area (Å²) in [5, 5.41) is 6.57.